The van der Waals surface area contributed by atoms with Crippen LogP contribution >= 0.6 is 0 Å². The minimum Gasteiger partial charge on any atom is -0.314 e. The van der Waals surface area contributed by atoms with Crippen molar-refractivity contribution in [3.05, 3.63) is 71.8 Å². The lowest BCUT2D eigenvalue weighted by atomic mass is 10.0. The van der Waals surface area contributed by atoms with Crippen molar-refractivity contribution in [2.75, 3.05) is 26.2 Å². The highest BCUT2D eigenvalue weighted by atomic mass is 16.1. The minimum absolute atomic E-state index is 0.302. The summed E-state index contributed by atoms with van der Waals surface area (Å²) in [7, 11) is 0. The SMILES string of the molecule is O=C(Cc1ccccc1)CN1CCNCC1Cc1ccccc1. The van der Waals surface area contributed by atoms with Crippen molar-refractivity contribution in [2.24, 2.45) is 0 Å². The van der Waals surface area contributed by atoms with Gasteiger partial charge >= 0.3 is 0 Å². The summed E-state index contributed by atoms with van der Waals surface area (Å²) in [6.45, 7) is 3.41. The van der Waals surface area contributed by atoms with Crippen LogP contribution in [0.15, 0.2) is 60.7 Å². The fourth-order valence-electron chi connectivity index (χ4n) is 3.20. The highest BCUT2D eigenvalue weighted by Crippen LogP contribution is 2.12. The van der Waals surface area contributed by atoms with E-state index in [1.54, 1.807) is 0 Å². The number of nitrogens with one attached hydrogen (secondary N) is 1. The average molecular weight is 308 g/mol. The molecule has 1 aliphatic rings. The number of rotatable bonds is 6. The van der Waals surface area contributed by atoms with E-state index in [0.29, 0.717) is 24.8 Å². The van der Waals surface area contributed by atoms with Gasteiger partial charge in [0.05, 0.1) is 6.54 Å². The smallest absolute Gasteiger partial charge is 0.151 e. The molecule has 120 valence electrons. The average Bonchev–Trinajstić information content (AvgIpc) is 2.58. The van der Waals surface area contributed by atoms with Crippen molar-refractivity contribution in [1.82, 2.24) is 10.2 Å². The van der Waals surface area contributed by atoms with Gasteiger partial charge in [0.2, 0.25) is 0 Å². The Hall–Kier alpha value is -1.97. The second-order valence-electron chi connectivity index (χ2n) is 6.22. The molecule has 1 aliphatic heterocycles. The third-order valence-corrected chi connectivity index (χ3v) is 4.41. The van der Waals surface area contributed by atoms with Crippen LogP contribution in [0.5, 0.6) is 0 Å². The maximum atomic E-state index is 12.4. The Morgan fingerprint density at radius 1 is 1.00 bits per heavy atom. The Bertz CT molecular complexity index is 612. The number of Topliss-reactive ketones (excluding diaryl/α,β-unsaturated/α-hetero) is 1. The minimum atomic E-state index is 0.302. The van der Waals surface area contributed by atoms with Crippen LogP contribution in [-0.4, -0.2) is 42.9 Å². The maximum absolute atomic E-state index is 12.4. The van der Waals surface area contributed by atoms with Crippen molar-refractivity contribution < 1.29 is 4.79 Å². The van der Waals surface area contributed by atoms with E-state index in [2.05, 4.69) is 34.5 Å². The molecule has 2 aromatic rings. The second kappa shape index (κ2) is 8.04. The molecule has 0 saturated carbocycles. The summed E-state index contributed by atoms with van der Waals surface area (Å²) in [5.74, 6) is 0.302. The lowest BCUT2D eigenvalue weighted by Crippen LogP contribution is -2.53. The number of carbonyl (C=O) groups is 1. The fourth-order valence-corrected chi connectivity index (χ4v) is 3.20. The molecule has 0 spiro atoms. The largest absolute Gasteiger partial charge is 0.314 e. The second-order valence-corrected chi connectivity index (χ2v) is 6.22. The van der Waals surface area contributed by atoms with Crippen molar-refractivity contribution in [1.29, 1.82) is 0 Å². The summed E-state index contributed by atoms with van der Waals surface area (Å²) in [4.78, 5) is 14.8. The number of hydrogen-bond acceptors (Lipinski definition) is 3. The summed E-state index contributed by atoms with van der Waals surface area (Å²) < 4.78 is 0. The summed E-state index contributed by atoms with van der Waals surface area (Å²) in [5.41, 5.74) is 2.44. The topological polar surface area (TPSA) is 32.3 Å². The molecule has 23 heavy (non-hydrogen) atoms. The lowest BCUT2D eigenvalue weighted by Gasteiger charge is -2.36. The standard InChI is InChI=1S/C20H24N2O/c23-20(14-18-9-5-2-6-10-18)16-22-12-11-21-15-19(22)13-17-7-3-1-4-8-17/h1-10,19,21H,11-16H2. The molecular weight excluding hydrogens is 284 g/mol. The molecule has 3 nitrogen and oxygen atoms in total. The highest BCUT2D eigenvalue weighted by Gasteiger charge is 2.24. The monoisotopic (exact) mass is 308 g/mol. The Morgan fingerprint density at radius 2 is 1.65 bits per heavy atom. The van der Waals surface area contributed by atoms with E-state index in [1.165, 1.54) is 5.56 Å². The maximum Gasteiger partial charge on any atom is 0.151 e. The molecule has 3 rings (SSSR count). The molecule has 0 bridgehead atoms. The summed E-state index contributed by atoms with van der Waals surface area (Å²) in [6.07, 6.45) is 1.52. The van der Waals surface area contributed by atoms with Crippen molar-refractivity contribution in [3.63, 3.8) is 0 Å². The van der Waals surface area contributed by atoms with E-state index in [-0.39, 0.29) is 0 Å². The van der Waals surface area contributed by atoms with Gasteiger partial charge in [-0.25, -0.2) is 0 Å². The molecule has 1 heterocycles. The number of nitrogens with zero attached hydrogens (tertiary/aromatic N) is 1. The lowest BCUT2D eigenvalue weighted by molar-refractivity contribution is -0.120. The third-order valence-electron chi connectivity index (χ3n) is 4.41. The van der Waals surface area contributed by atoms with Crippen LogP contribution in [0.25, 0.3) is 0 Å². The first-order valence-corrected chi connectivity index (χ1v) is 8.35. The first-order chi connectivity index (χ1) is 11.3. The molecule has 1 atom stereocenters. The zero-order valence-electron chi connectivity index (χ0n) is 13.4. The summed E-state index contributed by atoms with van der Waals surface area (Å²) in [5, 5.41) is 3.46. The normalized spacial score (nSPS) is 18.7. The van der Waals surface area contributed by atoms with Crippen LogP contribution in [0, 0.1) is 0 Å². The zero-order chi connectivity index (χ0) is 15.9. The Labute approximate surface area is 138 Å². The Balaban J connectivity index is 1.59. The van der Waals surface area contributed by atoms with Gasteiger partial charge in [-0.2, -0.15) is 0 Å². The van der Waals surface area contributed by atoms with Crippen LogP contribution in [0.2, 0.25) is 0 Å². The molecule has 0 radical (unpaired) electrons. The zero-order valence-corrected chi connectivity index (χ0v) is 13.4. The quantitative estimate of drug-likeness (QED) is 0.889. The van der Waals surface area contributed by atoms with Crippen LogP contribution < -0.4 is 5.32 Å². The van der Waals surface area contributed by atoms with E-state index in [9.17, 15) is 4.79 Å². The summed E-state index contributed by atoms with van der Waals surface area (Å²) >= 11 is 0. The van der Waals surface area contributed by atoms with E-state index in [1.807, 2.05) is 36.4 Å². The van der Waals surface area contributed by atoms with Gasteiger partial charge in [0.15, 0.2) is 5.78 Å². The fraction of sp³-hybridized carbons (Fsp3) is 0.350. The van der Waals surface area contributed by atoms with Gasteiger partial charge in [0, 0.05) is 32.1 Å². The van der Waals surface area contributed by atoms with E-state index >= 15 is 0 Å². The van der Waals surface area contributed by atoms with Gasteiger partial charge < -0.3 is 5.32 Å². The molecule has 1 unspecified atom stereocenters. The van der Waals surface area contributed by atoms with Crippen molar-refractivity contribution >= 4 is 5.78 Å². The molecule has 1 saturated heterocycles. The molecule has 1 fully saturated rings. The number of ketones is 1. The highest BCUT2D eigenvalue weighted by molar-refractivity contribution is 5.82. The molecule has 0 aliphatic carbocycles. The van der Waals surface area contributed by atoms with Gasteiger partial charge in [-0.3, -0.25) is 9.69 Å². The number of carbonyl (C=O) groups excluding carboxylic acids is 1. The molecule has 2 aromatic carbocycles. The van der Waals surface area contributed by atoms with Gasteiger partial charge in [-0.05, 0) is 17.5 Å². The molecule has 0 aromatic heterocycles. The predicted molar refractivity (Wildman–Crippen MR) is 93.5 cm³/mol. The van der Waals surface area contributed by atoms with Gasteiger partial charge in [0.1, 0.15) is 0 Å². The number of hydrogen-bond donors (Lipinski definition) is 1. The van der Waals surface area contributed by atoms with Gasteiger partial charge in [-0.1, -0.05) is 60.7 Å². The first kappa shape index (κ1) is 15.9. The molecule has 3 heteroatoms. The molecule has 1 N–H and O–H groups in total. The molecular formula is C20H24N2O. The van der Waals surface area contributed by atoms with E-state index < -0.39 is 0 Å². The van der Waals surface area contributed by atoms with Crippen LogP contribution in [0.3, 0.4) is 0 Å². The third kappa shape index (κ3) is 4.75. The first-order valence-electron chi connectivity index (χ1n) is 8.35. The Morgan fingerprint density at radius 3 is 2.35 bits per heavy atom. The van der Waals surface area contributed by atoms with Crippen molar-refractivity contribution in [3.8, 4) is 0 Å². The van der Waals surface area contributed by atoms with Crippen LogP contribution in [0.4, 0.5) is 0 Å². The summed E-state index contributed by atoms with van der Waals surface area (Å²) in [6, 6.07) is 20.9. The molecule has 0 amide bonds. The predicted octanol–water partition coefficient (Wildman–Crippen LogP) is 2.31. The number of piperazine rings is 1. The van der Waals surface area contributed by atoms with Crippen molar-refractivity contribution in [2.45, 2.75) is 18.9 Å². The van der Waals surface area contributed by atoms with Gasteiger partial charge in [-0.15, -0.1) is 0 Å². The van der Waals surface area contributed by atoms with E-state index in [0.717, 1.165) is 31.6 Å². The van der Waals surface area contributed by atoms with Gasteiger partial charge in [0.25, 0.3) is 0 Å². The van der Waals surface area contributed by atoms with Crippen LogP contribution in [-0.2, 0) is 17.6 Å². The van der Waals surface area contributed by atoms with Crippen LogP contribution in [0.1, 0.15) is 11.1 Å². The number of benzene rings is 2. The van der Waals surface area contributed by atoms with E-state index in [4.69, 9.17) is 0 Å². The Kier molecular flexibility index (Phi) is 5.56.